The van der Waals surface area contributed by atoms with E-state index in [4.69, 9.17) is 9.47 Å². The minimum atomic E-state index is -0.509. The number of aromatic nitrogens is 3. The summed E-state index contributed by atoms with van der Waals surface area (Å²) in [7, 11) is 5.03. The fourth-order valence-corrected chi connectivity index (χ4v) is 2.68. The van der Waals surface area contributed by atoms with Crippen molar-refractivity contribution in [2.75, 3.05) is 19.5 Å². The van der Waals surface area contributed by atoms with Crippen LogP contribution in [0.2, 0.25) is 0 Å². The van der Waals surface area contributed by atoms with E-state index < -0.39 is 6.04 Å². The third-order valence-corrected chi connectivity index (χ3v) is 4.02. The van der Waals surface area contributed by atoms with Gasteiger partial charge in [-0.25, -0.2) is 9.78 Å². The van der Waals surface area contributed by atoms with Crippen molar-refractivity contribution in [3.05, 3.63) is 66.5 Å². The topological polar surface area (TPSA) is 90.3 Å². The number of nitrogens with zero attached hydrogens (tertiary/aromatic N) is 3. The zero-order valence-electron chi connectivity index (χ0n) is 15.3. The van der Waals surface area contributed by atoms with Gasteiger partial charge in [-0.3, -0.25) is 4.98 Å². The first-order valence-corrected chi connectivity index (χ1v) is 8.28. The summed E-state index contributed by atoms with van der Waals surface area (Å²) in [5.74, 6) is 1.92. The second kappa shape index (κ2) is 8.22. The number of benzene rings is 1. The summed E-state index contributed by atoms with van der Waals surface area (Å²) >= 11 is 0. The summed E-state index contributed by atoms with van der Waals surface area (Å²) in [5.41, 5.74) is 1.37. The molecule has 0 radical (unpaired) electrons. The quantitative estimate of drug-likeness (QED) is 0.699. The Hall–Kier alpha value is -3.55. The molecule has 0 fully saturated rings. The van der Waals surface area contributed by atoms with Crippen LogP contribution in [-0.4, -0.2) is 34.8 Å². The molecule has 27 heavy (non-hydrogen) atoms. The van der Waals surface area contributed by atoms with Crippen molar-refractivity contribution in [2.45, 2.75) is 6.04 Å². The van der Waals surface area contributed by atoms with Crippen molar-refractivity contribution in [3.63, 3.8) is 0 Å². The van der Waals surface area contributed by atoms with Gasteiger partial charge >= 0.3 is 6.03 Å². The predicted molar refractivity (Wildman–Crippen MR) is 101 cm³/mol. The zero-order valence-corrected chi connectivity index (χ0v) is 15.3. The number of pyridine rings is 1. The van der Waals surface area contributed by atoms with Gasteiger partial charge in [0.2, 0.25) is 0 Å². The SMILES string of the molecule is COc1cc(OC)cc(C(NC(=O)Nc2cccnc2)c2nccn2C)c1. The summed E-state index contributed by atoms with van der Waals surface area (Å²) < 4.78 is 12.6. The van der Waals surface area contributed by atoms with Crippen LogP contribution in [0.15, 0.2) is 55.1 Å². The largest absolute Gasteiger partial charge is 0.497 e. The average Bonchev–Trinajstić information content (AvgIpc) is 3.12. The number of anilines is 1. The lowest BCUT2D eigenvalue weighted by molar-refractivity contribution is 0.249. The van der Waals surface area contributed by atoms with E-state index in [-0.39, 0.29) is 6.03 Å². The molecule has 0 saturated carbocycles. The number of hydrogen-bond acceptors (Lipinski definition) is 5. The van der Waals surface area contributed by atoms with Crippen LogP contribution in [0.4, 0.5) is 10.5 Å². The predicted octanol–water partition coefficient (Wildman–Crippen LogP) is 2.74. The molecule has 2 heterocycles. The third kappa shape index (κ3) is 4.35. The van der Waals surface area contributed by atoms with Crippen LogP contribution >= 0.6 is 0 Å². The number of nitrogens with one attached hydrogen (secondary N) is 2. The molecule has 8 heteroatoms. The first kappa shape index (κ1) is 18.2. The van der Waals surface area contributed by atoms with Crippen LogP contribution < -0.4 is 20.1 Å². The van der Waals surface area contributed by atoms with Crippen molar-refractivity contribution < 1.29 is 14.3 Å². The lowest BCUT2D eigenvalue weighted by Gasteiger charge is -2.20. The molecule has 0 bridgehead atoms. The Bertz CT molecular complexity index is 888. The van der Waals surface area contributed by atoms with E-state index in [1.165, 1.54) is 0 Å². The van der Waals surface area contributed by atoms with Crippen molar-refractivity contribution in [1.82, 2.24) is 19.9 Å². The number of hydrogen-bond donors (Lipinski definition) is 2. The van der Waals surface area contributed by atoms with Gasteiger partial charge in [0, 0.05) is 31.7 Å². The minimum Gasteiger partial charge on any atom is -0.497 e. The lowest BCUT2D eigenvalue weighted by atomic mass is 10.1. The number of ether oxygens (including phenoxy) is 2. The highest BCUT2D eigenvalue weighted by Crippen LogP contribution is 2.29. The molecule has 2 amide bonds. The van der Waals surface area contributed by atoms with E-state index in [0.29, 0.717) is 23.0 Å². The normalized spacial score (nSPS) is 11.5. The molecule has 3 aromatic rings. The number of carbonyl (C=O) groups excluding carboxylic acids is 1. The third-order valence-electron chi connectivity index (χ3n) is 4.02. The second-order valence-electron chi connectivity index (χ2n) is 5.82. The van der Waals surface area contributed by atoms with Gasteiger partial charge in [0.1, 0.15) is 23.4 Å². The van der Waals surface area contributed by atoms with E-state index in [9.17, 15) is 4.79 Å². The maximum atomic E-state index is 12.6. The molecule has 0 spiro atoms. The molecule has 1 unspecified atom stereocenters. The number of rotatable bonds is 6. The molecule has 8 nitrogen and oxygen atoms in total. The first-order valence-electron chi connectivity index (χ1n) is 8.28. The standard InChI is InChI=1S/C19H21N5O3/c1-24-8-7-21-18(24)17(13-9-15(26-2)11-16(10-13)27-3)23-19(25)22-14-5-4-6-20-12-14/h4-12,17H,1-3H3,(H2,22,23,25). The first-order chi connectivity index (χ1) is 13.1. The molecule has 3 rings (SSSR count). The summed E-state index contributed by atoms with van der Waals surface area (Å²) in [6, 6.07) is 8.08. The van der Waals surface area contributed by atoms with Crippen LogP contribution in [-0.2, 0) is 7.05 Å². The molecule has 1 atom stereocenters. The average molecular weight is 367 g/mol. The van der Waals surface area contributed by atoms with Gasteiger partial charge in [-0.15, -0.1) is 0 Å². The molecule has 2 N–H and O–H groups in total. The second-order valence-corrected chi connectivity index (χ2v) is 5.82. The van der Waals surface area contributed by atoms with Gasteiger partial charge in [0.05, 0.1) is 26.1 Å². The highest BCUT2D eigenvalue weighted by Gasteiger charge is 2.22. The van der Waals surface area contributed by atoms with E-state index in [1.54, 1.807) is 51.0 Å². The smallest absolute Gasteiger partial charge is 0.320 e. The Balaban J connectivity index is 1.93. The molecule has 0 aliphatic heterocycles. The van der Waals surface area contributed by atoms with Crippen LogP contribution in [0, 0.1) is 0 Å². The molecule has 0 aliphatic carbocycles. The van der Waals surface area contributed by atoms with E-state index in [1.807, 2.05) is 29.9 Å². The van der Waals surface area contributed by atoms with Crippen LogP contribution in [0.25, 0.3) is 0 Å². The van der Waals surface area contributed by atoms with Gasteiger partial charge < -0.3 is 24.7 Å². The van der Waals surface area contributed by atoms with E-state index in [0.717, 1.165) is 5.56 Å². The fraction of sp³-hybridized carbons (Fsp3) is 0.211. The fourth-order valence-electron chi connectivity index (χ4n) is 2.68. The van der Waals surface area contributed by atoms with Crippen LogP contribution in [0.3, 0.4) is 0 Å². The Morgan fingerprint density at radius 1 is 1.15 bits per heavy atom. The molecule has 1 aromatic carbocycles. The molecule has 0 aliphatic rings. The van der Waals surface area contributed by atoms with Gasteiger partial charge in [-0.05, 0) is 29.8 Å². The molecular formula is C19H21N5O3. The Labute approximate surface area is 157 Å². The summed E-state index contributed by atoms with van der Waals surface area (Å²) in [4.78, 5) is 20.9. The van der Waals surface area contributed by atoms with Crippen molar-refractivity contribution in [2.24, 2.45) is 7.05 Å². The summed E-state index contributed by atoms with van der Waals surface area (Å²) in [5, 5.41) is 5.72. The van der Waals surface area contributed by atoms with E-state index in [2.05, 4.69) is 20.6 Å². The monoisotopic (exact) mass is 367 g/mol. The Kier molecular flexibility index (Phi) is 5.55. The number of methoxy groups -OCH3 is 2. The van der Waals surface area contributed by atoms with Gasteiger partial charge in [0.25, 0.3) is 0 Å². The number of aryl methyl sites for hydroxylation is 1. The van der Waals surface area contributed by atoms with Crippen LogP contribution in [0.5, 0.6) is 11.5 Å². The van der Waals surface area contributed by atoms with Gasteiger partial charge in [-0.1, -0.05) is 0 Å². The summed E-state index contributed by atoms with van der Waals surface area (Å²) in [6.45, 7) is 0. The highest BCUT2D eigenvalue weighted by atomic mass is 16.5. The van der Waals surface area contributed by atoms with Crippen molar-refractivity contribution in [1.29, 1.82) is 0 Å². The highest BCUT2D eigenvalue weighted by molar-refractivity contribution is 5.89. The van der Waals surface area contributed by atoms with Gasteiger partial charge in [0.15, 0.2) is 0 Å². The van der Waals surface area contributed by atoms with Crippen LogP contribution in [0.1, 0.15) is 17.4 Å². The number of carbonyl (C=O) groups is 1. The van der Waals surface area contributed by atoms with Crippen molar-refractivity contribution >= 4 is 11.7 Å². The molecule has 140 valence electrons. The maximum absolute atomic E-state index is 12.6. The summed E-state index contributed by atoms with van der Waals surface area (Å²) in [6.07, 6.45) is 6.72. The number of amides is 2. The zero-order chi connectivity index (χ0) is 19.2. The molecular weight excluding hydrogens is 346 g/mol. The van der Waals surface area contributed by atoms with Gasteiger partial charge in [-0.2, -0.15) is 0 Å². The van der Waals surface area contributed by atoms with Crippen molar-refractivity contribution in [3.8, 4) is 11.5 Å². The number of imidazole rings is 1. The Morgan fingerprint density at radius 2 is 1.89 bits per heavy atom. The maximum Gasteiger partial charge on any atom is 0.320 e. The van der Waals surface area contributed by atoms with E-state index >= 15 is 0 Å². The molecule has 0 saturated heterocycles. The Morgan fingerprint density at radius 3 is 2.44 bits per heavy atom. The lowest BCUT2D eigenvalue weighted by Crippen LogP contribution is -2.34. The minimum absolute atomic E-state index is 0.377. The number of urea groups is 1. The molecule has 2 aromatic heterocycles.